The Morgan fingerprint density at radius 3 is 2.29 bits per heavy atom. The van der Waals surface area contributed by atoms with E-state index in [1.165, 1.54) is 21.3 Å². The Morgan fingerprint density at radius 2 is 1.75 bits per heavy atom. The fourth-order valence-electron chi connectivity index (χ4n) is 2.16. The maximum Gasteiger partial charge on any atom is 0.257 e. The van der Waals surface area contributed by atoms with E-state index in [0.29, 0.717) is 38.0 Å². The summed E-state index contributed by atoms with van der Waals surface area (Å²) < 4.78 is 16.4. The van der Waals surface area contributed by atoms with Gasteiger partial charge < -0.3 is 19.5 Å². The predicted octanol–water partition coefficient (Wildman–Crippen LogP) is 4.69. The highest BCUT2D eigenvalue weighted by atomic mass is 79.9. The summed E-state index contributed by atoms with van der Waals surface area (Å²) in [4.78, 5) is 12.6. The number of nitrogens with one attached hydrogen (secondary N) is 1. The highest BCUT2D eigenvalue weighted by Crippen LogP contribution is 2.44. The normalized spacial score (nSPS) is 10.2. The van der Waals surface area contributed by atoms with Crippen LogP contribution in [-0.2, 0) is 0 Å². The second kappa shape index (κ2) is 7.77. The largest absolute Gasteiger partial charge is 0.493 e. The maximum absolute atomic E-state index is 12.6. The number of methoxy groups -OCH3 is 3. The lowest BCUT2D eigenvalue weighted by molar-refractivity contribution is 0.102. The zero-order valence-corrected chi connectivity index (χ0v) is 16.0. The number of hydrogen-bond donors (Lipinski definition) is 1. The number of halogens is 2. The van der Waals surface area contributed by atoms with Gasteiger partial charge in [-0.25, -0.2) is 0 Å². The Bertz CT molecular complexity index is 780. The van der Waals surface area contributed by atoms with Gasteiger partial charge in [-0.05, 0) is 46.6 Å². The molecule has 2 rings (SSSR count). The molecular weight excluding hydrogens is 398 g/mol. The molecule has 2 aromatic rings. The fourth-order valence-corrected chi connectivity index (χ4v) is 2.97. The molecule has 0 aliphatic carbocycles. The van der Waals surface area contributed by atoms with Crippen molar-refractivity contribution in [3.05, 3.63) is 44.9 Å². The van der Waals surface area contributed by atoms with E-state index in [4.69, 9.17) is 25.8 Å². The van der Waals surface area contributed by atoms with Crippen molar-refractivity contribution in [2.24, 2.45) is 0 Å². The lowest BCUT2D eigenvalue weighted by Crippen LogP contribution is -2.13. The van der Waals surface area contributed by atoms with Crippen LogP contribution in [0, 0.1) is 6.92 Å². The molecule has 0 aromatic heterocycles. The quantitative estimate of drug-likeness (QED) is 0.771. The van der Waals surface area contributed by atoms with E-state index in [1.807, 2.05) is 13.0 Å². The zero-order chi connectivity index (χ0) is 17.9. The molecular formula is C17H17BrClNO4. The van der Waals surface area contributed by atoms with Gasteiger partial charge in [-0.2, -0.15) is 0 Å². The first kappa shape index (κ1) is 18.4. The predicted molar refractivity (Wildman–Crippen MR) is 97.9 cm³/mol. The second-order valence-electron chi connectivity index (χ2n) is 4.92. The molecule has 0 aliphatic rings. The number of carbonyl (C=O) groups is 1. The van der Waals surface area contributed by atoms with Gasteiger partial charge in [0.15, 0.2) is 11.5 Å². The average Bonchev–Trinajstić information content (AvgIpc) is 2.57. The monoisotopic (exact) mass is 413 g/mol. The number of benzene rings is 2. The Hall–Kier alpha value is -1.92. The Kier molecular flexibility index (Phi) is 5.96. The van der Waals surface area contributed by atoms with E-state index in [-0.39, 0.29) is 5.91 Å². The lowest BCUT2D eigenvalue weighted by Gasteiger charge is -2.16. The van der Waals surface area contributed by atoms with Crippen LogP contribution in [0.15, 0.2) is 28.7 Å². The third-order valence-electron chi connectivity index (χ3n) is 3.44. The number of anilines is 1. The summed E-state index contributed by atoms with van der Waals surface area (Å²) in [5.41, 5.74) is 1.88. The molecule has 7 heteroatoms. The van der Waals surface area contributed by atoms with Gasteiger partial charge in [0.25, 0.3) is 5.91 Å². The molecule has 1 N–H and O–H groups in total. The molecule has 0 saturated carbocycles. The Balaban J connectivity index is 2.43. The number of aryl methyl sites for hydroxylation is 1. The van der Waals surface area contributed by atoms with Crippen molar-refractivity contribution in [3.8, 4) is 17.2 Å². The van der Waals surface area contributed by atoms with Gasteiger partial charge in [-0.15, -0.1) is 0 Å². The van der Waals surface area contributed by atoms with Gasteiger partial charge in [-0.3, -0.25) is 4.79 Å². The van der Waals surface area contributed by atoms with Gasteiger partial charge in [0, 0.05) is 10.7 Å². The van der Waals surface area contributed by atoms with Crippen LogP contribution in [0.3, 0.4) is 0 Å². The third-order valence-corrected chi connectivity index (χ3v) is 4.64. The molecule has 2 aromatic carbocycles. The molecule has 0 saturated heterocycles. The van der Waals surface area contributed by atoms with Crippen molar-refractivity contribution in [3.63, 3.8) is 0 Å². The van der Waals surface area contributed by atoms with Crippen LogP contribution < -0.4 is 19.5 Å². The van der Waals surface area contributed by atoms with Crippen LogP contribution in [0.2, 0.25) is 5.02 Å². The first-order chi connectivity index (χ1) is 11.4. The molecule has 5 nitrogen and oxygen atoms in total. The summed E-state index contributed by atoms with van der Waals surface area (Å²) in [6.07, 6.45) is 0. The number of amides is 1. The first-order valence-corrected chi connectivity index (χ1v) is 8.16. The minimum atomic E-state index is -0.332. The topological polar surface area (TPSA) is 56.8 Å². The van der Waals surface area contributed by atoms with Crippen molar-refractivity contribution >= 4 is 39.1 Å². The second-order valence-corrected chi connectivity index (χ2v) is 6.13. The summed E-state index contributed by atoms with van der Waals surface area (Å²) >= 11 is 9.48. The van der Waals surface area contributed by atoms with E-state index >= 15 is 0 Å². The molecule has 0 unspecified atom stereocenters. The SMILES string of the molecule is COc1cc(C(=O)Nc2ccc(C)c(Cl)c2)c(Br)c(OC)c1OC. The van der Waals surface area contributed by atoms with E-state index in [2.05, 4.69) is 21.2 Å². The molecule has 0 fully saturated rings. The van der Waals surface area contributed by atoms with E-state index in [0.717, 1.165) is 5.56 Å². The Morgan fingerprint density at radius 1 is 1.08 bits per heavy atom. The first-order valence-electron chi connectivity index (χ1n) is 6.98. The lowest BCUT2D eigenvalue weighted by atomic mass is 10.1. The van der Waals surface area contributed by atoms with Gasteiger partial charge in [-0.1, -0.05) is 17.7 Å². The fraction of sp³-hybridized carbons (Fsp3) is 0.235. The molecule has 24 heavy (non-hydrogen) atoms. The number of hydrogen-bond acceptors (Lipinski definition) is 4. The number of carbonyl (C=O) groups excluding carboxylic acids is 1. The standard InChI is InChI=1S/C17H17BrClNO4/c1-9-5-6-10(7-12(9)19)20-17(21)11-8-13(22-2)15(23-3)16(24-4)14(11)18/h5-8H,1-4H3,(H,20,21). The van der Waals surface area contributed by atoms with Crippen molar-refractivity contribution in [1.82, 2.24) is 0 Å². The molecule has 0 heterocycles. The van der Waals surface area contributed by atoms with Crippen LogP contribution in [0.5, 0.6) is 17.2 Å². The van der Waals surface area contributed by atoms with Gasteiger partial charge in [0.2, 0.25) is 5.75 Å². The smallest absolute Gasteiger partial charge is 0.257 e. The van der Waals surface area contributed by atoms with Crippen LogP contribution in [0.4, 0.5) is 5.69 Å². The number of rotatable bonds is 5. The molecule has 1 amide bonds. The van der Waals surface area contributed by atoms with Crippen LogP contribution >= 0.6 is 27.5 Å². The van der Waals surface area contributed by atoms with Crippen molar-refractivity contribution in [1.29, 1.82) is 0 Å². The summed E-state index contributed by atoms with van der Waals surface area (Å²) in [7, 11) is 4.48. The van der Waals surface area contributed by atoms with Gasteiger partial charge in [0.05, 0.1) is 31.4 Å². The highest BCUT2D eigenvalue weighted by molar-refractivity contribution is 9.10. The zero-order valence-electron chi connectivity index (χ0n) is 13.7. The maximum atomic E-state index is 12.6. The summed E-state index contributed by atoms with van der Waals surface area (Å²) in [5, 5.41) is 3.38. The van der Waals surface area contributed by atoms with Crippen molar-refractivity contribution in [2.45, 2.75) is 6.92 Å². The average molecular weight is 415 g/mol. The minimum Gasteiger partial charge on any atom is -0.493 e. The molecule has 0 spiro atoms. The van der Waals surface area contributed by atoms with Crippen LogP contribution in [0.1, 0.15) is 15.9 Å². The van der Waals surface area contributed by atoms with E-state index < -0.39 is 0 Å². The molecule has 128 valence electrons. The van der Waals surface area contributed by atoms with Gasteiger partial charge in [0.1, 0.15) is 0 Å². The number of ether oxygens (including phenoxy) is 3. The highest BCUT2D eigenvalue weighted by Gasteiger charge is 2.23. The van der Waals surface area contributed by atoms with Crippen LogP contribution in [0.25, 0.3) is 0 Å². The van der Waals surface area contributed by atoms with Crippen LogP contribution in [-0.4, -0.2) is 27.2 Å². The summed E-state index contributed by atoms with van der Waals surface area (Å²) in [6.45, 7) is 1.89. The van der Waals surface area contributed by atoms with Gasteiger partial charge >= 0.3 is 0 Å². The molecule has 0 radical (unpaired) electrons. The molecule has 0 atom stereocenters. The van der Waals surface area contributed by atoms with E-state index in [9.17, 15) is 4.79 Å². The van der Waals surface area contributed by atoms with Crippen molar-refractivity contribution < 1.29 is 19.0 Å². The van der Waals surface area contributed by atoms with Crippen molar-refractivity contribution in [2.75, 3.05) is 26.6 Å². The summed E-state index contributed by atoms with van der Waals surface area (Å²) in [6, 6.07) is 6.89. The minimum absolute atomic E-state index is 0.332. The summed E-state index contributed by atoms with van der Waals surface area (Å²) in [5.74, 6) is 0.844. The van der Waals surface area contributed by atoms with E-state index in [1.54, 1.807) is 18.2 Å². The Labute approximate surface area is 154 Å². The molecule has 0 aliphatic heterocycles. The molecule has 0 bridgehead atoms. The third kappa shape index (κ3) is 3.60.